The van der Waals surface area contributed by atoms with Gasteiger partial charge in [-0.25, -0.2) is 8.42 Å². The molecule has 0 aliphatic carbocycles. The lowest BCUT2D eigenvalue weighted by molar-refractivity contribution is -0.125. The molecule has 0 aromatic heterocycles. The van der Waals surface area contributed by atoms with Gasteiger partial charge in [-0.1, -0.05) is 6.07 Å². The van der Waals surface area contributed by atoms with Gasteiger partial charge in [0, 0.05) is 11.9 Å². The molecule has 0 spiro atoms. The van der Waals surface area contributed by atoms with Gasteiger partial charge in [-0.2, -0.15) is 0 Å². The molecule has 1 N–H and O–H groups in total. The van der Waals surface area contributed by atoms with E-state index in [9.17, 15) is 13.2 Å². The molecule has 0 bridgehead atoms. The van der Waals surface area contributed by atoms with Crippen molar-refractivity contribution in [3.8, 4) is 0 Å². The van der Waals surface area contributed by atoms with Crippen molar-refractivity contribution >= 4 is 21.4 Å². The predicted molar refractivity (Wildman–Crippen MR) is 78.6 cm³/mol. The summed E-state index contributed by atoms with van der Waals surface area (Å²) in [6.45, 7) is 7.29. The van der Waals surface area contributed by atoms with Crippen molar-refractivity contribution in [2.45, 2.75) is 38.2 Å². The number of hydrogen-bond donors (Lipinski definition) is 1. The molecule has 0 saturated carbocycles. The first-order chi connectivity index (χ1) is 8.99. The molecule has 1 aromatic rings. The summed E-state index contributed by atoms with van der Waals surface area (Å²) in [5, 5.41) is 2.67. The highest BCUT2D eigenvalue weighted by Crippen LogP contribution is 2.20. The van der Waals surface area contributed by atoms with Crippen LogP contribution in [0.25, 0.3) is 0 Å². The Morgan fingerprint density at radius 1 is 1.30 bits per heavy atom. The Labute approximate surface area is 120 Å². The summed E-state index contributed by atoms with van der Waals surface area (Å²) in [7, 11) is -3.30. The highest BCUT2D eigenvalue weighted by atomic mass is 32.2. The maximum absolute atomic E-state index is 11.8. The van der Waals surface area contributed by atoms with Gasteiger partial charge in [0.15, 0.2) is 9.84 Å². The first-order valence-corrected chi connectivity index (χ1v) is 8.13. The molecular weight excluding hydrogens is 278 g/mol. The molecule has 1 rings (SSSR count). The lowest BCUT2D eigenvalue weighted by atomic mass is 10.2. The van der Waals surface area contributed by atoms with Gasteiger partial charge in [0.1, 0.15) is 6.61 Å². The highest BCUT2D eigenvalue weighted by Gasteiger charge is 2.15. The largest absolute Gasteiger partial charge is 0.366 e. The van der Waals surface area contributed by atoms with E-state index in [1.165, 1.54) is 12.1 Å². The topological polar surface area (TPSA) is 72.5 Å². The van der Waals surface area contributed by atoms with Crippen LogP contribution < -0.4 is 5.32 Å². The molecule has 0 heterocycles. The van der Waals surface area contributed by atoms with Crippen LogP contribution in [0, 0.1) is 6.92 Å². The molecule has 6 heteroatoms. The summed E-state index contributed by atoms with van der Waals surface area (Å²) in [5.74, 6) is -0.311. The summed E-state index contributed by atoms with van der Waals surface area (Å²) in [6.07, 6.45) is 1.13. The maximum Gasteiger partial charge on any atom is 0.250 e. The molecule has 1 aromatic carbocycles. The average Bonchev–Trinajstić information content (AvgIpc) is 2.27. The van der Waals surface area contributed by atoms with E-state index in [0.717, 1.165) is 11.8 Å². The van der Waals surface area contributed by atoms with Crippen LogP contribution in [0.15, 0.2) is 23.1 Å². The number of ether oxygens (including phenoxy) is 1. The standard InChI is InChI=1S/C14H21NO4S/c1-10-6-7-11(20(5,17)18)8-12(10)15-13(16)9-19-14(2,3)4/h6-8H,9H2,1-5H3,(H,15,16). The third-order valence-electron chi connectivity index (χ3n) is 2.55. The van der Waals surface area contributed by atoms with Crippen molar-refractivity contribution in [3.63, 3.8) is 0 Å². The van der Waals surface area contributed by atoms with E-state index in [2.05, 4.69) is 5.32 Å². The minimum Gasteiger partial charge on any atom is -0.366 e. The van der Waals surface area contributed by atoms with Gasteiger partial charge >= 0.3 is 0 Å². The number of amides is 1. The summed E-state index contributed by atoms with van der Waals surface area (Å²) >= 11 is 0. The second kappa shape index (κ2) is 5.93. The second-order valence-corrected chi connectivity index (χ2v) is 7.71. The van der Waals surface area contributed by atoms with Crippen molar-refractivity contribution in [3.05, 3.63) is 23.8 Å². The molecule has 1 amide bonds. The maximum atomic E-state index is 11.8. The number of sulfone groups is 1. The minimum atomic E-state index is -3.30. The fourth-order valence-corrected chi connectivity index (χ4v) is 2.08. The molecule has 0 atom stereocenters. The Balaban J connectivity index is 2.85. The van der Waals surface area contributed by atoms with Gasteiger partial charge in [0.05, 0.1) is 10.5 Å². The molecular formula is C14H21NO4S. The zero-order valence-electron chi connectivity index (χ0n) is 12.5. The number of carbonyl (C=O) groups excluding carboxylic acids is 1. The van der Waals surface area contributed by atoms with E-state index >= 15 is 0 Å². The monoisotopic (exact) mass is 299 g/mol. The minimum absolute atomic E-state index is 0.0773. The fraction of sp³-hybridized carbons (Fsp3) is 0.500. The number of aryl methyl sites for hydroxylation is 1. The van der Waals surface area contributed by atoms with Gasteiger partial charge in [-0.05, 0) is 45.4 Å². The molecule has 0 unspecified atom stereocenters. The van der Waals surface area contributed by atoms with Gasteiger partial charge in [0.25, 0.3) is 0 Å². The SMILES string of the molecule is Cc1ccc(S(C)(=O)=O)cc1NC(=O)COC(C)(C)C. The highest BCUT2D eigenvalue weighted by molar-refractivity contribution is 7.90. The van der Waals surface area contributed by atoms with Gasteiger partial charge in [-0.3, -0.25) is 4.79 Å². The second-order valence-electron chi connectivity index (χ2n) is 5.70. The lowest BCUT2D eigenvalue weighted by Gasteiger charge is -2.19. The summed E-state index contributed by atoms with van der Waals surface area (Å²) in [5.41, 5.74) is 0.873. The van der Waals surface area contributed by atoms with E-state index in [0.29, 0.717) is 5.69 Å². The fourth-order valence-electron chi connectivity index (χ4n) is 1.43. The van der Waals surface area contributed by atoms with Crippen LogP contribution in [-0.2, 0) is 19.4 Å². The van der Waals surface area contributed by atoms with E-state index < -0.39 is 15.4 Å². The van der Waals surface area contributed by atoms with E-state index in [1.54, 1.807) is 13.0 Å². The number of anilines is 1. The van der Waals surface area contributed by atoms with Crippen molar-refractivity contribution < 1.29 is 17.9 Å². The van der Waals surface area contributed by atoms with Gasteiger partial charge in [-0.15, -0.1) is 0 Å². The third kappa shape index (κ3) is 5.30. The average molecular weight is 299 g/mol. The van der Waals surface area contributed by atoms with Crippen molar-refractivity contribution in [2.24, 2.45) is 0 Å². The first kappa shape index (κ1) is 16.7. The number of hydrogen-bond acceptors (Lipinski definition) is 4. The lowest BCUT2D eigenvalue weighted by Crippen LogP contribution is -2.27. The Morgan fingerprint density at radius 2 is 1.90 bits per heavy atom. The third-order valence-corrected chi connectivity index (χ3v) is 3.66. The quantitative estimate of drug-likeness (QED) is 0.924. The van der Waals surface area contributed by atoms with E-state index in [-0.39, 0.29) is 17.4 Å². The summed E-state index contributed by atoms with van der Waals surface area (Å²) in [4.78, 5) is 12.0. The molecule has 0 aliphatic rings. The van der Waals surface area contributed by atoms with Crippen molar-refractivity contribution in [1.82, 2.24) is 0 Å². The number of rotatable bonds is 4. The number of benzene rings is 1. The molecule has 0 fully saturated rings. The van der Waals surface area contributed by atoms with Crippen molar-refractivity contribution in [2.75, 3.05) is 18.2 Å². The van der Waals surface area contributed by atoms with Crippen molar-refractivity contribution in [1.29, 1.82) is 0 Å². The Kier molecular flexibility index (Phi) is 4.94. The van der Waals surface area contributed by atoms with Crippen LogP contribution in [0.4, 0.5) is 5.69 Å². The molecule has 112 valence electrons. The molecule has 0 saturated heterocycles. The number of carbonyl (C=O) groups is 1. The van der Waals surface area contributed by atoms with E-state index in [1.807, 2.05) is 20.8 Å². The predicted octanol–water partition coefficient (Wildman–Crippen LogP) is 2.15. The van der Waals surface area contributed by atoms with E-state index in [4.69, 9.17) is 4.74 Å². The summed E-state index contributed by atoms with van der Waals surface area (Å²) < 4.78 is 28.4. The van der Waals surface area contributed by atoms with Crippen LogP contribution in [0.2, 0.25) is 0 Å². The molecule has 0 radical (unpaired) electrons. The van der Waals surface area contributed by atoms with Gasteiger partial charge < -0.3 is 10.1 Å². The van der Waals surface area contributed by atoms with Crippen LogP contribution in [0.5, 0.6) is 0 Å². The molecule has 5 nitrogen and oxygen atoms in total. The Hall–Kier alpha value is -1.40. The number of nitrogens with one attached hydrogen (secondary N) is 1. The summed E-state index contributed by atoms with van der Waals surface area (Å²) in [6, 6.07) is 4.64. The van der Waals surface area contributed by atoms with Gasteiger partial charge in [0.2, 0.25) is 5.91 Å². The Bertz CT molecular complexity index is 600. The van der Waals surface area contributed by atoms with Crippen LogP contribution in [0.1, 0.15) is 26.3 Å². The zero-order chi connectivity index (χ0) is 15.6. The van der Waals surface area contributed by atoms with Crippen LogP contribution in [-0.4, -0.2) is 32.8 Å². The zero-order valence-corrected chi connectivity index (χ0v) is 13.3. The molecule has 20 heavy (non-hydrogen) atoms. The van der Waals surface area contributed by atoms with Crippen LogP contribution in [0.3, 0.4) is 0 Å². The van der Waals surface area contributed by atoms with Crippen LogP contribution >= 0.6 is 0 Å². The molecule has 0 aliphatic heterocycles. The normalized spacial score (nSPS) is 12.2. The first-order valence-electron chi connectivity index (χ1n) is 6.23. The Morgan fingerprint density at radius 3 is 2.40 bits per heavy atom. The smallest absolute Gasteiger partial charge is 0.250 e.